The number of imide groups is 1. The van der Waals surface area contributed by atoms with Gasteiger partial charge in [-0.05, 0) is 44.0 Å². The van der Waals surface area contributed by atoms with E-state index in [2.05, 4.69) is 5.32 Å². The topological polar surface area (TPSA) is 66.5 Å². The van der Waals surface area contributed by atoms with Crippen molar-refractivity contribution in [3.05, 3.63) is 29.8 Å². The van der Waals surface area contributed by atoms with Crippen LogP contribution in [0.2, 0.25) is 0 Å². The molecule has 0 aromatic heterocycles. The average Bonchev–Trinajstić information content (AvgIpc) is 3.17. The molecule has 1 heterocycles. The molecule has 2 fully saturated rings. The number of amides is 2. The number of hydrogen-bond acceptors (Lipinski definition) is 4. The third kappa shape index (κ3) is 2.36. The molecule has 1 saturated carbocycles. The summed E-state index contributed by atoms with van der Waals surface area (Å²) in [5.74, 6) is -0.426. The van der Waals surface area contributed by atoms with Crippen molar-refractivity contribution in [3.8, 4) is 0 Å². The second-order valence-corrected chi connectivity index (χ2v) is 5.37. The standard InChI is InChI=1S/C15H16N2O3/c1-9(18)10-2-6-12(7-3-10)17-14(19)8-13(15(17)20)16-11-4-5-11/h2-3,6-7,11,13,16H,4-5,8H2,1H3. The Labute approximate surface area is 116 Å². The molecule has 5 heteroatoms. The molecule has 1 aliphatic carbocycles. The number of ketones is 1. The van der Waals surface area contributed by atoms with E-state index < -0.39 is 6.04 Å². The van der Waals surface area contributed by atoms with Crippen molar-refractivity contribution in [2.75, 3.05) is 4.90 Å². The maximum Gasteiger partial charge on any atom is 0.251 e. The molecule has 0 bridgehead atoms. The van der Waals surface area contributed by atoms with Crippen LogP contribution in [0.1, 0.15) is 36.5 Å². The fourth-order valence-electron chi connectivity index (χ4n) is 2.41. The van der Waals surface area contributed by atoms with Crippen LogP contribution in [0.4, 0.5) is 5.69 Å². The van der Waals surface area contributed by atoms with E-state index in [0.29, 0.717) is 17.3 Å². The van der Waals surface area contributed by atoms with Crippen molar-refractivity contribution >= 4 is 23.3 Å². The molecule has 1 N–H and O–H groups in total. The second kappa shape index (κ2) is 4.83. The van der Waals surface area contributed by atoms with Gasteiger partial charge in [0.25, 0.3) is 5.91 Å². The van der Waals surface area contributed by atoms with Gasteiger partial charge in [-0.25, -0.2) is 4.90 Å². The van der Waals surface area contributed by atoms with Crippen LogP contribution < -0.4 is 10.2 Å². The quantitative estimate of drug-likeness (QED) is 0.662. The summed E-state index contributed by atoms with van der Waals surface area (Å²) in [6.45, 7) is 1.48. The lowest BCUT2D eigenvalue weighted by Gasteiger charge is -2.15. The fraction of sp³-hybridized carbons (Fsp3) is 0.400. The Morgan fingerprint density at radius 1 is 1.20 bits per heavy atom. The number of anilines is 1. The van der Waals surface area contributed by atoms with Crippen LogP contribution in [0.15, 0.2) is 24.3 Å². The molecule has 3 rings (SSSR count). The van der Waals surface area contributed by atoms with Gasteiger partial charge in [0, 0.05) is 11.6 Å². The van der Waals surface area contributed by atoms with Crippen LogP contribution >= 0.6 is 0 Å². The van der Waals surface area contributed by atoms with Crippen LogP contribution in [0, 0.1) is 0 Å². The lowest BCUT2D eigenvalue weighted by molar-refractivity contribution is -0.121. The van der Waals surface area contributed by atoms with Gasteiger partial charge in [0.15, 0.2) is 5.78 Å². The second-order valence-electron chi connectivity index (χ2n) is 5.37. The predicted octanol–water partition coefficient (Wildman–Crippen LogP) is 1.27. The number of nitrogens with zero attached hydrogens (tertiary/aromatic N) is 1. The smallest absolute Gasteiger partial charge is 0.251 e. The maximum atomic E-state index is 12.3. The first-order chi connectivity index (χ1) is 9.56. The summed E-state index contributed by atoms with van der Waals surface area (Å²) < 4.78 is 0. The van der Waals surface area contributed by atoms with Gasteiger partial charge in [0.05, 0.1) is 18.2 Å². The van der Waals surface area contributed by atoms with Crippen molar-refractivity contribution in [1.82, 2.24) is 5.32 Å². The molecule has 1 atom stereocenters. The zero-order chi connectivity index (χ0) is 14.3. The van der Waals surface area contributed by atoms with Crippen LogP contribution in [0.5, 0.6) is 0 Å². The van der Waals surface area contributed by atoms with E-state index in [-0.39, 0.29) is 24.0 Å². The first-order valence-electron chi connectivity index (χ1n) is 6.80. The van der Waals surface area contributed by atoms with E-state index in [0.717, 1.165) is 12.8 Å². The van der Waals surface area contributed by atoms with E-state index >= 15 is 0 Å². The largest absolute Gasteiger partial charge is 0.303 e. The van der Waals surface area contributed by atoms with Gasteiger partial charge >= 0.3 is 0 Å². The van der Waals surface area contributed by atoms with Crippen LogP contribution in [0.3, 0.4) is 0 Å². The molecule has 1 saturated heterocycles. The SMILES string of the molecule is CC(=O)c1ccc(N2C(=O)CC(NC3CC3)C2=O)cc1. The molecule has 2 aliphatic rings. The third-order valence-electron chi connectivity index (χ3n) is 3.69. The monoisotopic (exact) mass is 272 g/mol. The number of rotatable bonds is 4. The van der Waals surface area contributed by atoms with Gasteiger partial charge < -0.3 is 5.32 Å². The lowest BCUT2D eigenvalue weighted by atomic mass is 10.1. The van der Waals surface area contributed by atoms with E-state index in [1.165, 1.54) is 11.8 Å². The fourth-order valence-corrected chi connectivity index (χ4v) is 2.41. The minimum absolute atomic E-state index is 0.0381. The van der Waals surface area contributed by atoms with E-state index in [1.54, 1.807) is 24.3 Å². The Hall–Kier alpha value is -2.01. The minimum Gasteiger partial charge on any atom is -0.303 e. The lowest BCUT2D eigenvalue weighted by Crippen LogP contribution is -2.39. The van der Waals surface area contributed by atoms with E-state index in [9.17, 15) is 14.4 Å². The summed E-state index contributed by atoms with van der Waals surface area (Å²) in [5.41, 5.74) is 1.10. The molecule has 1 aromatic rings. The molecule has 0 radical (unpaired) electrons. The number of carbonyl (C=O) groups excluding carboxylic acids is 3. The highest BCUT2D eigenvalue weighted by Gasteiger charge is 2.41. The molecular weight excluding hydrogens is 256 g/mol. The van der Waals surface area contributed by atoms with Crippen molar-refractivity contribution < 1.29 is 14.4 Å². The normalized spacial score (nSPS) is 22.4. The molecule has 1 unspecified atom stereocenters. The first kappa shape index (κ1) is 13.0. The predicted molar refractivity (Wildman–Crippen MR) is 73.5 cm³/mol. The summed E-state index contributed by atoms with van der Waals surface area (Å²) in [6, 6.07) is 6.55. The highest BCUT2D eigenvalue weighted by Crippen LogP contribution is 2.26. The van der Waals surface area contributed by atoms with Crippen molar-refractivity contribution in [3.63, 3.8) is 0 Å². The molecule has 2 amide bonds. The average molecular weight is 272 g/mol. The molecule has 5 nitrogen and oxygen atoms in total. The van der Waals surface area contributed by atoms with Crippen LogP contribution in [-0.2, 0) is 9.59 Å². The van der Waals surface area contributed by atoms with E-state index in [1.807, 2.05) is 0 Å². The summed E-state index contributed by atoms with van der Waals surface area (Å²) in [7, 11) is 0. The summed E-state index contributed by atoms with van der Waals surface area (Å²) in [6.07, 6.45) is 2.36. The number of Topliss-reactive ketones (excluding diaryl/α,β-unsaturated/α-hetero) is 1. The molecule has 20 heavy (non-hydrogen) atoms. The highest BCUT2D eigenvalue weighted by atomic mass is 16.2. The Morgan fingerprint density at radius 3 is 2.40 bits per heavy atom. The molecule has 104 valence electrons. The van der Waals surface area contributed by atoms with Gasteiger partial charge in [0.1, 0.15) is 0 Å². The van der Waals surface area contributed by atoms with Crippen molar-refractivity contribution in [2.45, 2.75) is 38.3 Å². The van der Waals surface area contributed by atoms with Gasteiger partial charge in [-0.1, -0.05) is 0 Å². The maximum absolute atomic E-state index is 12.3. The van der Waals surface area contributed by atoms with E-state index in [4.69, 9.17) is 0 Å². The summed E-state index contributed by atoms with van der Waals surface area (Å²) >= 11 is 0. The van der Waals surface area contributed by atoms with Gasteiger partial charge in [-0.3, -0.25) is 14.4 Å². The molecule has 1 aromatic carbocycles. The first-order valence-corrected chi connectivity index (χ1v) is 6.80. The number of benzene rings is 1. The third-order valence-corrected chi connectivity index (χ3v) is 3.69. The van der Waals surface area contributed by atoms with Crippen molar-refractivity contribution in [2.24, 2.45) is 0 Å². The highest BCUT2D eigenvalue weighted by molar-refractivity contribution is 6.22. The minimum atomic E-state index is -0.400. The molecule has 0 spiro atoms. The zero-order valence-electron chi connectivity index (χ0n) is 11.3. The van der Waals surface area contributed by atoms with Gasteiger partial charge in [-0.2, -0.15) is 0 Å². The number of nitrogens with one attached hydrogen (secondary N) is 1. The number of hydrogen-bond donors (Lipinski definition) is 1. The molecule has 1 aliphatic heterocycles. The zero-order valence-corrected chi connectivity index (χ0v) is 11.3. The Morgan fingerprint density at radius 2 is 1.85 bits per heavy atom. The van der Waals surface area contributed by atoms with Gasteiger partial charge in [0.2, 0.25) is 5.91 Å². The Bertz CT molecular complexity index is 575. The summed E-state index contributed by atoms with van der Waals surface area (Å²) in [5, 5.41) is 3.20. The summed E-state index contributed by atoms with van der Waals surface area (Å²) in [4.78, 5) is 36.7. The number of carbonyl (C=O) groups is 3. The van der Waals surface area contributed by atoms with Gasteiger partial charge in [-0.15, -0.1) is 0 Å². The van der Waals surface area contributed by atoms with Crippen LogP contribution in [-0.4, -0.2) is 29.7 Å². The molecular formula is C15H16N2O3. The van der Waals surface area contributed by atoms with Crippen LogP contribution in [0.25, 0.3) is 0 Å². The Kier molecular flexibility index (Phi) is 3.14. The van der Waals surface area contributed by atoms with Crippen molar-refractivity contribution in [1.29, 1.82) is 0 Å². The Balaban J connectivity index is 1.79.